The van der Waals surface area contributed by atoms with Crippen molar-refractivity contribution in [1.82, 2.24) is 10.6 Å². The van der Waals surface area contributed by atoms with E-state index in [1.807, 2.05) is 0 Å². The molecule has 1 aliphatic rings. The fourth-order valence-electron chi connectivity index (χ4n) is 3.08. The van der Waals surface area contributed by atoms with Gasteiger partial charge in [0.25, 0.3) is 0 Å². The summed E-state index contributed by atoms with van der Waals surface area (Å²) in [7, 11) is 0. The van der Waals surface area contributed by atoms with Gasteiger partial charge in [-0.2, -0.15) is 0 Å². The quantitative estimate of drug-likeness (QED) is 0.534. The molecule has 1 saturated heterocycles. The molecule has 0 saturated carbocycles. The van der Waals surface area contributed by atoms with Gasteiger partial charge in [-0.25, -0.2) is 0 Å². The minimum atomic E-state index is 0.261. The third kappa shape index (κ3) is 10.8. The monoisotopic (exact) mass is 296 g/mol. The fourth-order valence-corrected chi connectivity index (χ4v) is 3.08. The van der Waals surface area contributed by atoms with Crippen molar-refractivity contribution in [2.75, 3.05) is 19.6 Å². The predicted molar refractivity (Wildman–Crippen MR) is 90.4 cm³/mol. The smallest absolute Gasteiger partial charge is 0.220 e. The van der Waals surface area contributed by atoms with Crippen molar-refractivity contribution in [3.8, 4) is 0 Å². The Morgan fingerprint density at radius 2 is 1.62 bits per heavy atom. The van der Waals surface area contributed by atoms with Crippen LogP contribution in [0.15, 0.2) is 0 Å². The van der Waals surface area contributed by atoms with E-state index in [2.05, 4.69) is 17.6 Å². The molecule has 1 aliphatic heterocycles. The highest BCUT2D eigenvalue weighted by Gasteiger charge is 2.14. The van der Waals surface area contributed by atoms with Gasteiger partial charge in [-0.1, -0.05) is 51.9 Å². The molecule has 0 aromatic rings. The van der Waals surface area contributed by atoms with Crippen LogP contribution in [0.3, 0.4) is 0 Å². The summed E-state index contributed by atoms with van der Waals surface area (Å²) < 4.78 is 0. The van der Waals surface area contributed by atoms with Crippen molar-refractivity contribution in [2.24, 2.45) is 5.92 Å². The first-order valence-corrected chi connectivity index (χ1v) is 9.30. The number of hydrogen-bond acceptors (Lipinski definition) is 2. The summed E-state index contributed by atoms with van der Waals surface area (Å²) in [5.74, 6) is 1.02. The fraction of sp³-hybridized carbons (Fsp3) is 0.944. The van der Waals surface area contributed by atoms with Gasteiger partial charge in [0.15, 0.2) is 0 Å². The van der Waals surface area contributed by atoms with Crippen LogP contribution in [0.4, 0.5) is 0 Å². The summed E-state index contributed by atoms with van der Waals surface area (Å²) in [6.45, 7) is 5.39. The summed E-state index contributed by atoms with van der Waals surface area (Å²) in [6, 6.07) is 0. The lowest BCUT2D eigenvalue weighted by Gasteiger charge is -2.22. The van der Waals surface area contributed by atoms with Gasteiger partial charge < -0.3 is 10.6 Å². The zero-order valence-corrected chi connectivity index (χ0v) is 14.1. The first-order chi connectivity index (χ1) is 10.3. The number of hydrogen-bond donors (Lipinski definition) is 2. The summed E-state index contributed by atoms with van der Waals surface area (Å²) in [6.07, 6.45) is 14.9. The highest BCUT2D eigenvalue weighted by molar-refractivity contribution is 5.75. The standard InChI is InChI=1S/C18H36N2O/c1-2-3-4-5-6-7-8-9-14-20-18(21)11-10-17-12-15-19-16-13-17/h17,19H,2-16H2,1H3,(H,20,21). The molecule has 0 aromatic carbocycles. The van der Waals surface area contributed by atoms with Gasteiger partial charge in [-0.15, -0.1) is 0 Å². The summed E-state index contributed by atoms with van der Waals surface area (Å²) in [4.78, 5) is 11.8. The Morgan fingerprint density at radius 3 is 2.29 bits per heavy atom. The average molecular weight is 296 g/mol. The Bertz CT molecular complexity index is 250. The van der Waals surface area contributed by atoms with Gasteiger partial charge >= 0.3 is 0 Å². The molecule has 124 valence electrons. The molecule has 3 nitrogen and oxygen atoms in total. The molecule has 1 heterocycles. The number of carbonyl (C=O) groups is 1. The van der Waals surface area contributed by atoms with E-state index in [9.17, 15) is 4.79 Å². The van der Waals surface area contributed by atoms with Crippen LogP contribution in [0.2, 0.25) is 0 Å². The van der Waals surface area contributed by atoms with Crippen LogP contribution >= 0.6 is 0 Å². The molecule has 0 aromatic heterocycles. The molecule has 0 bridgehead atoms. The molecule has 1 amide bonds. The van der Waals surface area contributed by atoms with E-state index in [0.717, 1.165) is 44.8 Å². The van der Waals surface area contributed by atoms with Crippen molar-refractivity contribution in [3.05, 3.63) is 0 Å². The van der Waals surface area contributed by atoms with Crippen molar-refractivity contribution in [1.29, 1.82) is 0 Å². The molecule has 21 heavy (non-hydrogen) atoms. The second kappa shape index (κ2) is 13.1. The SMILES string of the molecule is CCCCCCCCCCNC(=O)CCC1CCNCC1. The van der Waals surface area contributed by atoms with Crippen molar-refractivity contribution >= 4 is 5.91 Å². The molecular formula is C18H36N2O. The number of unbranched alkanes of at least 4 members (excludes halogenated alkanes) is 7. The minimum absolute atomic E-state index is 0.261. The molecule has 0 unspecified atom stereocenters. The Morgan fingerprint density at radius 1 is 1.00 bits per heavy atom. The van der Waals surface area contributed by atoms with Gasteiger partial charge in [-0.3, -0.25) is 4.79 Å². The van der Waals surface area contributed by atoms with E-state index in [1.54, 1.807) is 0 Å². The van der Waals surface area contributed by atoms with Gasteiger partial charge in [0.05, 0.1) is 0 Å². The molecule has 0 aliphatic carbocycles. The number of rotatable bonds is 12. The Kier molecular flexibility index (Phi) is 11.5. The van der Waals surface area contributed by atoms with Crippen LogP contribution < -0.4 is 10.6 Å². The van der Waals surface area contributed by atoms with E-state index in [4.69, 9.17) is 0 Å². The molecular weight excluding hydrogens is 260 g/mol. The zero-order valence-electron chi connectivity index (χ0n) is 14.1. The summed E-state index contributed by atoms with van der Waals surface area (Å²) in [5, 5.41) is 6.45. The first-order valence-electron chi connectivity index (χ1n) is 9.30. The largest absolute Gasteiger partial charge is 0.356 e. The average Bonchev–Trinajstić information content (AvgIpc) is 2.52. The van der Waals surface area contributed by atoms with Crippen molar-refractivity contribution in [3.63, 3.8) is 0 Å². The molecule has 1 rings (SSSR count). The Hall–Kier alpha value is -0.570. The van der Waals surface area contributed by atoms with E-state index < -0.39 is 0 Å². The van der Waals surface area contributed by atoms with Crippen LogP contribution in [0, 0.1) is 5.92 Å². The van der Waals surface area contributed by atoms with Crippen LogP contribution in [-0.2, 0) is 4.79 Å². The third-order valence-corrected chi connectivity index (χ3v) is 4.59. The van der Waals surface area contributed by atoms with E-state index in [1.165, 1.54) is 57.8 Å². The number of piperidine rings is 1. The van der Waals surface area contributed by atoms with Crippen LogP contribution in [-0.4, -0.2) is 25.5 Å². The Balaban J connectivity index is 1.82. The van der Waals surface area contributed by atoms with Crippen LogP contribution in [0.25, 0.3) is 0 Å². The number of nitrogens with one attached hydrogen (secondary N) is 2. The second-order valence-electron chi connectivity index (χ2n) is 6.56. The van der Waals surface area contributed by atoms with Gasteiger partial charge in [0, 0.05) is 13.0 Å². The molecule has 3 heteroatoms. The van der Waals surface area contributed by atoms with E-state index in [0.29, 0.717) is 0 Å². The first kappa shape index (κ1) is 18.5. The lowest BCUT2D eigenvalue weighted by molar-refractivity contribution is -0.121. The van der Waals surface area contributed by atoms with Crippen LogP contribution in [0.5, 0.6) is 0 Å². The molecule has 0 atom stereocenters. The van der Waals surface area contributed by atoms with Crippen LogP contribution in [0.1, 0.15) is 84.0 Å². The van der Waals surface area contributed by atoms with E-state index in [-0.39, 0.29) is 5.91 Å². The topological polar surface area (TPSA) is 41.1 Å². The number of amides is 1. The van der Waals surface area contributed by atoms with Gasteiger partial charge in [-0.05, 0) is 44.7 Å². The lowest BCUT2D eigenvalue weighted by atomic mass is 9.93. The highest BCUT2D eigenvalue weighted by atomic mass is 16.1. The van der Waals surface area contributed by atoms with E-state index >= 15 is 0 Å². The maximum Gasteiger partial charge on any atom is 0.220 e. The van der Waals surface area contributed by atoms with Crippen molar-refractivity contribution < 1.29 is 4.79 Å². The third-order valence-electron chi connectivity index (χ3n) is 4.59. The van der Waals surface area contributed by atoms with Gasteiger partial charge in [0.2, 0.25) is 5.91 Å². The normalized spacial score (nSPS) is 16.0. The predicted octanol–water partition coefficient (Wildman–Crippen LogP) is 4.02. The molecule has 2 N–H and O–H groups in total. The molecule has 1 fully saturated rings. The maximum absolute atomic E-state index is 11.8. The lowest BCUT2D eigenvalue weighted by Crippen LogP contribution is -2.29. The zero-order chi connectivity index (χ0) is 15.2. The van der Waals surface area contributed by atoms with Crippen molar-refractivity contribution in [2.45, 2.75) is 84.0 Å². The van der Waals surface area contributed by atoms with Gasteiger partial charge in [0.1, 0.15) is 0 Å². The number of carbonyl (C=O) groups excluding carboxylic acids is 1. The maximum atomic E-state index is 11.8. The minimum Gasteiger partial charge on any atom is -0.356 e. The summed E-state index contributed by atoms with van der Waals surface area (Å²) in [5.41, 5.74) is 0. The Labute approximate surface area is 131 Å². The highest BCUT2D eigenvalue weighted by Crippen LogP contribution is 2.17. The molecule has 0 radical (unpaired) electrons. The second-order valence-corrected chi connectivity index (χ2v) is 6.56. The summed E-state index contributed by atoms with van der Waals surface area (Å²) >= 11 is 0. The molecule has 0 spiro atoms.